The Morgan fingerprint density at radius 1 is 1.70 bits per heavy atom. The SMILES string of the molecule is Cc1coc(S(=O)(=O)Cl)n1. The molecule has 0 radical (unpaired) electrons. The van der Waals surface area contributed by atoms with Crippen LogP contribution in [0, 0.1) is 6.92 Å². The lowest BCUT2D eigenvalue weighted by Gasteiger charge is -1.81. The van der Waals surface area contributed by atoms with Gasteiger partial charge in [0.05, 0.1) is 5.69 Å². The van der Waals surface area contributed by atoms with Crippen molar-refractivity contribution in [2.24, 2.45) is 0 Å². The first-order valence-electron chi connectivity index (χ1n) is 2.37. The van der Waals surface area contributed by atoms with Crippen LogP contribution in [0.1, 0.15) is 5.69 Å². The number of nitrogens with zero attached hydrogens (tertiary/aromatic N) is 1. The molecule has 0 bridgehead atoms. The van der Waals surface area contributed by atoms with E-state index in [4.69, 9.17) is 10.7 Å². The van der Waals surface area contributed by atoms with Crippen molar-refractivity contribution in [3.05, 3.63) is 12.0 Å². The van der Waals surface area contributed by atoms with Crippen molar-refractivity contribution < 1.29 is 12.8 Å². The second kappa shape index (κ2) is 2.25. The van der Waals surface area contributed by atoms with Crippen molar-refractivity contribution in [1.29, 1.82) is 0 Å². The van der Waals surface area contributed by atoms with Crippen LogP contribution in [0.5, 0.6) is 0 Å². The topological polar surface area (TPSA) is 60.2 Å². The molecule has 0 aromatic carbocycles. The van der Waals surface area contributed by atoms with E-state index >= 15 is 0 Å². The molecule has 0 fully saturated rings. The Hall–Kier alpha value is -0.550. The number of aromatic nitrogens is 1. The minimum absolute atomic E-state index is 0.452. The van der Waals surface area contributed by atoms with Gasteiger partial charge in [0.25, 0.3) is 0 Å². The van der Waals surface area contributed by atoms with Crippen LogP contribution in [0.4, 0.5) is 0 Å². The minimum atomic E-state index is -3.79. The highest BCUT2D eigenvalue weighted by Crippen LogP contribution is 2.12. The quantitative estimate of drug-likeness (QED) is 0.605. The molecule has 1 rings (SSSR count). The maximum absolute atomic E-state index is 10.5. The Morgan fingerprint density at radius 2 is 2.30 bits per heavy atom. The molecule has 10 heavy (non-hydrogen) atoms. The average Bonchev–Trinajstić information content (AvgIpc) is 2.11. The van der Waals surface area contributed by atoms with Gasteiger partial charge in [0.15, 0.2) is 0 Å². The van der Waals surface area contributed by atoms with Gasteiger partial charge in [-0.2, -0.15) is 0 Å². The average molecular weight is 182 g/mol. The van der Waals surface area contributed by atoms with Gasteiger partial charge in [0, 0.05) is 10.7 Å². The number of oxazole rings is 1. The van der Waals surface area contributed by atoms with Gasteiger partial charge in [0.1, 0.15) is 6.26 Å². The second-order valence-corrected chi connectivity index (χ2v) is 4.14. The molecule has 0 saturated heterocycles. The van der Waals surface area contributed by atoms with Crippen LogP contribution >= 0.6 is 10.7 Å². The van der Waals surface area contributed by atoms with E-state index in [-0.39, 0.29) is 0 Å². The molecule has 56 valence electrons. The lowest BCUT2D eigenvalue weighted by atomic mass is 10.6. The van der Waals surface area contributed by atoms with Crippen molar-refractivity contribution in [3.8, 4) is 0 Å². The molecule has 1 heterocycles. The fourth-order valence-electron chi connectivity index (χ4n) is 0.444. The zero-order chi connectivity index (χ0) is 7.78. The van der Waals surface area contributed by atoms with E-state index in [0.29, 0.717) is 5.69 Å². The van der Waals surface area contributed by atoms with Gasteiger partial charge in [-0.3, -0.25) is 0 Å². The Labute approximate surface area is 62.2 Å². The van der Waals surface area contributed by atoms with Gasteiger partial charge in [-0.1, -0.05) is 0 Å². The van der Waals surface area contributed by atoms with Crippen LogP contribution in [0.25, 0.3) is 0 Å². The summed E-state index contributed by atoms with van der Waals surface area (Å²) in [6, 6.07) is 0. The van der Waals surface area contributed by atoms with Gasteiger partial charge in [0.2, 0.25) is 0 Å². The van der Waals surface area contributed by atoms with Crippen molar-refractivity contribution in [2.75, 3.05) is 0 Å². The predicted octanol–water partition coefficient (Wildman–Crippen LogP) is 0.911. The van der Waals surface area contributed by atoms with E-state index in [1.165, 1.54) is 6.26 Å². The van der Waals surface area contributed by atoms with Crippen molar-refractivity contribution in [3.63, 3.8) is 0 Å². The molecule has 0 aliphatic heterocycles. The van der Waals surface area contributed by atoms with Crippen LogP contribution < -0.4 is 0 Å². The third-order valence-corrected chi connectivity index (χ3v) is 1.81. The summed E-state index contributed by atoms with van der Waals surface area (Å²) in [5, 5.41) is -0.452. The fraction of sp³-hybridized carbons (Fsp3) is 0.250. The van der Waals surface area contributed by atoms with Crippen LogP contribution in [0.2, 0.25) is 0 Å². The lowest BCUT2D eigenvalue weighted by molar-refractivity contribution is 0.435. The summed E-state index contributed by atoms with van der Waals surface area (Å²) in [7, 11) is 1.10. The van der Waals surface area contributed by atoms with Gasteiger partial charge in [-0.25, -0.2) is 13.4 Å². The second-order valence-electron chi connectivity index (χ2n) is 1.69. The first-order chi connectivity index (χ1) is 4.50. The van der Waals surface area contributed by atoms with E-state index in [0.717, 1.165) is 0 Å². The molecule has 0 aliphatic carbocycles. The molecule has 0 saturated carbocycles. The molecule has 1 aromatic rings. The summed E-state index contributed by atoms with van der Waals surface area (Å²) in [6.07, 6.45) is 1.22. The highest BCUT2D eigenvalue weighted by atomic mass is 35.7. The molecule has 0 amide bonds. The molecule has 1 aromatic heterocycles. The summed E-state index contributed by atoms with van der Waals surface area (Å²) < 4.78 is 25.4. The Morgan fingerprint density at radius 3 is 2.50 bits per heavy atom. The molecule has 0 atom stereocenters. The van der Waals surface area contributed by atoms with Crippen LogP contribution in [-0.2, 0) is 9.05 Å². The van der Waals surface area contributed by atoms with Gasteiger partial charge in [-0.15, -0.1) is 0 Å². The first kappa shape index (κ1) is 7.56. The largest absolute Gasteiger partial charge is 0.435 e. The van der Waals surface area contributed by atoms with E-state index in [1.807, 2.05) is 0 Å². The molecular weight excluding hydrogens is 178 g/mol. The van der Waals surface area contributed by atoms with Crippen LogP contribution in [-0.4, -0.2) is 13.4 Å². The standard InChI is InChI=1S/C4H4ClNO3S/c1-3-2-9-4(6-3)10(5,7)8/h2H,1H3. The number of aryl methyl sites for hydroxylation is 1. The third-order valence-electron chi connectivity index (χ3n) is 0.807. The van der Waals surface area contributed by atoms with Crippen molar-refractivity contribution in [1.82, 2.24) is 4.98 Å². The van der Waals surface area contributed by atoms with Gasteiger partial charge in [-0.05, 0) is 6.92 Å². The summed E-state index contributed by atoms with van der Waals surface area (Å²) in [5.74, 6) is 0. The third kappa shape index (κ3) is 1.48. The van der Waals surface area contributed by atoms with Crippen molar-refractivity contribution in [2.45, 2.75) is 12.1 Å². The van der Waals surface area contributed by atoms with E-state index in [2.05, 4.69) is 9.40 Å². The lowest BCUT2D eigenvalue weighted by Crippen LogP contribution is -1.89. The normalized spacial score (nSPS) is 11.8. The molecule has 0 unspecified atom stereocenters. The number of hydrogen-bond donors (Lipinski definition) is 0. The van der Waals surface area contributed by atoms with Crippen molar-refractivity contribution >= 4 is 19.7 Å². The Balaban J connectivity index is 3.21. The number of halogens is 1. The minimum Gasteiger partial charge on any atom is -0.435 e. The summed E-state index contributed by atoms with van der Waals surface area (Å²) in [5.41, 5.74) is 0.485. The Bertz CT molecular complexity index is 328. The maximum Gasteiger partial charge on any atom is 0.331 e. The first-order valence-corrected chi connectivity index (χ1v) is 4.68. The predicted molar refractivity (Wildman–Crippen MR) is 34.3 cm³/mol. The molecule has 0 N–H and O–H groups in total. The molecule has 6 heteroatoms. The zero-order valence-corrected chi connectivity index (χ0v) is 6.61. The summed E-state index contributed by atoms with van der Waals surface area (Å²) in [4.78, 5) is 3.50. The maximum atomic E-state index is 10.5. The van der Waals surface area contributed by atoms with E-state index in [1.54, 1.807) is 6.92 Å². The van der Waals surface area contributed by atoms with Crippen LogP contribution in [0.15, 0.2) is 15.9 Å². The van der Waals surface area contributed by atoms with E-state index in [9.17, 15) is 8.42 Å². The number of hydrogen-bond acceptors (Lipinski definition) is 4. The van der Waals surface area contributed by atoms with E-state index < -0.39 is 14.3 Å². The highest BCUT2D eigenvalue weighted by molar-refractivity contribution is 8.13. The molecule has 0 spiro atoms. The monoisotopic (exact) mass is 181 g/mol. The highest BCUT2D eigenvalue weighted by Gasteiger charge is 2.15. The zero-order valence-electron chi connectivity index (χ0n) is 5.04. The van der Waals surface area contributed by atoms with Crippen LogP contribution in [0.3, 0.4) is 0 Å². The number of rotatable bonds is 1. The van der Waals surface area contributed by atoms with Gasteiger partial charge >= 0.3 is 14.3 Å². The summed E-state index contributed by atoms with van der Waals surface area (Å²) >= 11 is 0. The fourth-order valence-corrected chi connectivity index (χ4v) is 1.07. The smallest absolute Gasteiger partial charge is 0.331 e. The summed E-state index contributed by atoms with van der Waals surface area (Å²) in [6.45, 7) is 1.61. The molecular formula is C4H4ClNO3S. The molecule has 4 nitrogen and oxygen atoms in total. The van der Waals surface area contributed by atoms with Gasteiger partial charge < -0.3 is 4.42 Å². The Kier molecular flexibility index (Phi) is 1.70. The molecule has 0 aliphatic rings.